The van der Waals surface area contributed by atoms with E-state index in [-0.39, 0.29) is 0 Å². The van der Waals surface area contributed by atoms with Gasteiger partial charge in [-0.1, -0.05) is 11.8 Å². The lowest BCUT2D eigenvalue weighted by molar-refractivity contribution is -0.137. The van der Waals surface area contributed by atoms with Gasteiger partial charge in [-0.3, -0.25) is 4.90 Å². The van der Waals surface area contributed by atoms with Gasteiger partial charge in [0.1, 0.15) is 0 Å². The number of rotatable bonds is 1. The Hall–Kier alpha value is -1.51. The lowest BCUT2D eigenvalue weighted by Gasteiger charge is -2.24. The minimum absolute atomic E-state index is 0.563. The number of nitrogens with one attached hydrogen (secondary N) is 1. The van der Waals surface area contributed by atoms with Crippen LogP contribution in [-0.2, 0) is 6.18 Å². The van der Waals surface area contributed by atoms with E-state index in [0.717, 1.165) is 38.3 Å². The molecule has 20 heavy (non-hydrogen) atoms. The Bertz CT molecular complexity index is 520. The number of aryl methyl sites for hydroxylation is 1. The molecule has 0 spiro atoms. The average Bonchev–Trinajstić information content (AvgIpc) is 2.40. The first-order valence-electron chi connectivity index (χ1n) is 6.56. The van der Waals surface area contributed by atoms with Crippen LogP contribution in [-0.4, -0.2) is 37.6 Å². The summed E-state index contributed by atoms with van der Waals surface area (Å²) in [7, 11) is 0. The second kappa shape index (κ2) is 6.29. The maximum Gasteiger partial charge on any atom is 0.416 e. The van der Waals surface area contributed by atoms with Crippen LogP contribution in [0.5, 0.6) is 0 Å². The minimum atomic E-state index is -4.29. The molecule has 2 nitrogen and oxygen atoms in total. The van der Waals surface area contributed by atoms with Crippen LogP contribution < -0.4 is 5.32 Å². The van der Waals surface area contributed by atoms with Crippen molar-refractivity contribution in [2.75, 3.05) is 32.7 Å². The van der Waals surface area contributed by atoms with Crippen LogP contribution in [0, 0.1) is 18.8 Å². The first-order valence-corrected chi connectivity index (χ1v) is 6.56. The molecule has 0 bridgehead atoms. The Labute approximate surface area is 117 Å². The third kappa shape index (κ3) is 3.99. The van der Waals surface area contributed by atoms with Crippen molar-refractivity contribution in [3.8, 4) is 11.8 Å². The van der Waals surface area contributed by atoms with Crippen LogP contribution in [0.3, 0.4) is 0 Å². The molecule has 1 aliphatic rings. The molecule has 1 aromatic rings. The number of alkyl halides is 3. The van der Waals surface area contributed by atoms with Gasteiger partial charge in [0.05, 0.1) is 12.1 Å². The molecule has 1 aromatic carbocycles. The first-order chi connectivity index (χ1) is 9.47. The number of benzene rings is 1. The Morgan fingerprint density at radius 2 is 1.95 bits per heavy atom. The fourth-order valence-corrected chi connectivity index (χ4v) is 2.10. The smallest absolute Gasteiger partial charge is 0.314 e. The summed E-state index contributed by atoms with van der Waals surface area (Å²) in [6.45, 7) is 6.15. The number of hydrogen-bond acceptors (Lipinski definition) is 2. The van der Waals surface area contributed by atoms with Gasteiger partial charge in [0.2, 0.25) is 0 Å². The van der Waals surface area contributed by atoms with Crippen molar-refractivity contribution in [3.05, 3.63) is 34.9 Å². The average molecular weight is 282 g/mol. The first kappa shape index (κ1) is 14.9. The Balaban J connectivity index is 2.03. The highest BCUT2D eigenvalue weighted by atomic mass is 19.4. The summed E-state index contributed by atoms with van der Waals surface area (Å²) < 4.78 is 37.6. The van der Waals surface area contributed by atoms with Gasteiger partial charge in [0.15, 0.2) is 0 Å². The van der Waals surface area contributed by atoms with Crippen molar-refractivity contribution >= 4 is 0 Å². The predicted molar refractivity (Wildman–Crippen MR) is 72.4 cm³/mol. The van der Waals surface area contributed by atoms with Crippen LogP contribution in [0.2, 0.25) is 0 Å². The Morgan fingerprint density at radius 3 is 2.55 bits per heavy atom. The van der Waals surface area contributed by atoms with E-state index in [1.54, 1.807) is 6.92 Å². The molecule has 1 heterocycles. The summed E-state index contributed by atoms with van der Waals surface area (Å²) >= 11 is 0. The summed E-state index contributed by atoms with van der Waals surface area (Å²) in [6.07, 6.45) is -4.29. The molecule has 0 saturated carbocycles. The molecule has 1 fully saturated rings. The number of nitrogens with zero attached hydrogens (tertiary/aromatic N) is 1. The van der Waals surface area contributed by atoms with E-state index in [9.17, 15) is 13.2 Å². The summed E-state index contributed by atoms with van der Waals surface area (Å²) in [4.78, 5) is 2.23. The summed E-state index contributed by atoms with van der Waals surface area (Å²) in [6, 6.07) is 3.68. The maximum atomic E-state index is 12.5. The third-order valence-corrected chi connectivity index (χ3v) is 3.29. The standard InChI is InChI=1S/C15H17F3N2/c1-12-11-14(15(16,17)18)5-4-13(12)3-2-8-20-9-6-19-7-10-20/h4-5,11,19H,6-10H2,1H3. The number of hydrogen-bond donors (Lipinski definition) is 1. The molecule has 1 aliphatic heterocycles. The normalized spacial score (nSPS) is 16.6. The molecule has 0 amide bonds. The van der Waals surface area contributed by atoms with Crippen molar-refractivity contribution < 1.29 is 13.2 Å². The van der Waals surface area contributed by atoms with E-state index in [0.29, 0.717) is 17.7 Å². The van der Waals surface area contributed by atoms with Gasteiger partial charge in [0.25, 0.3) is 0 Å². The molecule has 1 saturated heterocycles. The fourth-order valence-electron chi connectivity index (χ4n) is 2.10. The monoisotopic (exact) mass is 282 g/mol. The van der Waals surface area contributed by atoms with E-state index in [1.807, 2.05) is 0 Å². The third-order valence-electron chi connectivity index (χ3n) is 3.29. The van der Waals surface area contributed by atoms with Crippen LogP contribution >= 0.6 is 0 Å². The maximum absolute atomic E-state index is 12.5. The molecule has 0 aromatic heterocycles. The molecule has 0 atom stereocenters. The predicted octanol–water partition coefficient (Wildman–Crippen LogP) is 2.27. The molecule has 0 unspecified atom stereocenters. The molecule has 0 aliphatic carbocycles. The van der Waals surface area contributed by atoms with Crippen molar-refractivity contribution in [3.63, 3.8) is 0 Å². The van der Waals surface area contributed by atoms with Crippen molar-refractivity contribution in [1.82, 2.24) is 10.2 Å². The molecular formula is C15H17F3N2. The second-order valence-electron chi connectivity index (χ2n) is 4.86. The Morgan fingerprint density at radius 1 is 1.25 bits per heavy atom. The second-order valence-corrected chi connectivity index (χ2v) is 4.86. The van der Waals surface area contributed by atoms with Gasteiger partial charge in [-0.05, 0) is 30.7 Å². The zero-order chi connectivity index (χ0) is 14.6. The zero-order valence-corrected chi connectivity index (χ0v) is 11.3. The summed E-state index contributed by atoms with van der Waals surface area (Å²) in [5, 5.41) is 3.26. The van der Waals surface area contributed by atoms with Crippen molar-refractivity contribution in [2.24, 2.45) is 0 Å². The van der Waals surface area contributed by atoms with Gasteiger partial charge in [-0.25, -0.2) is 0 Å². The van der Waals surface area contributed by atoms with Crippen LogP contribution in [0.25, 0.3) is 0 Å². The summed E-state index contributed by atoms with van der Waals surface area (Å²) in [5.41, 5.74) is 0.600. The van der Waals surface area contributed by atoms with Crippen LogP contribution in [0.15, 0.2) is 18.2 Å². The molecule has 1 N–H and O–H groups in total. The van der Waals surface area contributed by atoms with Gasteiger partial charge in [-0.15, -0.1) is 0 Å². The highest BCUT2D eigenvalue weighted by molar-refractivity contribution is 5.43. The van der Waals surface area contributed by atoms with Crippen LogP contribution in [0.1, 0.15) is 16.7 Å². The molecule has 108 valence electrons. The Kier molecular flexibility index (Phi) is 4.69. The molecule has 2 rings (SSSR count). The van der Waals surface area contributed by atoms with E-state index in [4.69, 9.17) is 0 Å². The minimum Gasteiger partial charge on any atom is -0.314 e. The molecule has 5 heteroatoms. The highest BCUT2D eigenvalue weighted by Crippen LogP contribution is 2.30. The molecule has 0 radical (unpaired) electrons. The largest absolute Gasteiger partial charge is 0.416 e. The number of halogens is 3. The van der Waals surface area contributed by atoms with Crippen LogP contribution in [0.4, 0.5) is 13.2 Å². The van der Waals surface area contributed by atoms with E-state index >= 15 is 0 Å². The number of piperazine rings is 1. The van der Waals surface area contributed by atoms with Gasteiger partial charge in [0, 0.05) is 31.7 Å². The van der Waals surface area contributed by atoms with E-state index in [2.05, 4.69) is 22.1 Å². The van der Waals surface area contributed by atoms with Gasteiger partial charge in [-0.2, -0.15) is 13.2 Å². The summed E-state index contributed by atoms with van der Waals surface area (Å²) in [5.74, 6) is 6.00. The van der Waals surface area contributed by atoms with Gasteiger partial charge >= 0.3 is 6.18 Å². The van der Waals surface area contributed by atoms with E-state index in [1.165, 1.54) is 6.07 Å². The zero-order valence-electron chi connectivity index (χ0n) is 11.3. The quantitative estimate of drug-likeness (QED) is 0.795. The lowest BCUT2D eigenvalue weighted by atomic mass is 10.1. The topological polar surface area (TPSA) is 15.3 Å². The van der Waals surface area contributed by atoms with Gasteiger partial charge < -0.3 is 5.32 Å². The molecular weight excluding hydrogens is 265 g/mol. The van der Waals surface area contributed by atoms with Crippen molar-refractivity contribution in [2.45, 2.75) is 13.1 Å². The highest BCUT2D eigenvalue weighted by Gasteiger charge is 2.30. The van der Waals surface area contributed by atoms with Crippen molar-refractivity contribution in [1.29, 1.82) is 0 Å². The SMILES string of the molecule is Cc1cc(C(F)(F)F)ccc1C#CCN1CCNCC1. The van der Waals surface area contributed by atoms with E-state index < -0.39 is 11.7 Å². The lowest BCUT2D eigenvalue weighted by Crippen LogP contribution is -2.43. The fraction of sp³-hybridized carbons (Fsp3) is 0.467.